The zero-order chi connectivity index (χ0) is 21.3. The molecule has 0 aliphatic carbocycles. The van der Waals surface area contributed by atoms with Crippen LogP contribution >= 0.6 is 22.9 Å². The molecule has 0 unspecified atom stereocenters. The second-order valence-electron chi connectivity index (χ2n) is 6.42. The predicted octanol–water partition coefficient (Wildman–Crippen LogP) is 5.83. The summed E-state index contributed by atoms with van der Waals surface area (Å²) in [6.07, 6.45) is 2.65. The van der Waals surface area contributed by atoms with Crippen LogP contribution in [0.2, 0.25) is 5.02 Å². The molecule has 0 radical (unpaired) electrons. The highest BCUT2D eigenvalue weighted by Gasteiger charge is 2.20. The molecule has 0 atom stereocenters. The molecule has 0 fully saturated rings. The lowest BCUT2D eigenvalue weighted by Gasteiger charge is -2.12. The third-order valence-corrected chi connectivity index (χ3v) is 6.26. The highest BCUT2D eigenvalue weighted by Crippen LogP contribution is 2.37. The molecule has 2 heterocycles. The number of carbonyl (C=O) groups is 1. The number of aromatic nitrogens is 1. The number of halogens is 3. The Labute approximate surface area is 180 Å². The number of hydrogen-bond donors (Lipinski definition) is 1. The maximum Gasteiger partial charge on any atom is 0.263 e. The van der Waals surface area contributed by atoms with Crippen molar-refractivity contribution in [1.82, 2.24) is 10.3 Å². The lowest BCUT2D eigenvalue weighted by Crippen LogP contribution is -2.22. The summed E-state index contributed by atoms with van der Waals surface area (Å²) >= 11 is 7.38. The van der Waals surface area contributed by atoms with Gasteiger partial charge in [0, 0.05) is 34.0 Å². The first-order valence-corrected chi connectivity index (χ1v) is 10.1. The minimum Gasteiger partial charge on any atom is -0.496 e. The fourth-order valence-electron chi connectivity index (χ4n) is 3.17. The largest absolute Gasteiger partial charge is 0.496 e. The molecule has 1 amide bonds. The topological polar surface area (TPSA) is 51.2 Å². The van der Waals surface area contributed by atoms with E-state index in [2.05, 4.69) is 10.3 Å². The third-order valence-electron chi connectivity index (χ3n) is 4.62. The van der Waals surface area contributed by atoms with Crippen LogP contribution < -0.4 is 10.1 Å². The van der Waals surface area contributed by atoms with E-state index in [0.29, 0.717) is 27.1 Å². The molecule has 0 bridgehead atoms. The number of nitrogens with zero attached hydrogens (tertiary/aromatic N) is 1. The van der Waals surface area contributed by atoms with Gasteiger partial charge in [0.05, 0.1) is 18.3 Å². The highest BCUT2D eigenvalue weighted by atomic mass is 35.5. The molecule has 2 aromatic heterocycles. The summed E-state index contributed by atoms with van der Waals surface area (Å²) in [6, 6.07) is 11.3. The smallest absolute Gasteiger partial charge is 0.263 e. The molecule has 4 aromatic rings. The fraction of sp³-hybridized carbons (Fsp3) is 0.0909. The van der Waals surface area contributed by atoms with Gasteiger partial charge >= 0.3 is 0 Å². The van der Waals surface area contributed by atoms with Gasteiger partial charge in [0.1, 0.15) is 22.3 Å². The Bertz CT molecular complexity index is 1260. The van der Waals surface area contributed by atoms with E-state index < -0.39 is 17.5 Å². The number of pyridine rings is 1. The molecule has 0 spiro atoms. The molecule has 8 heteroatoms. The Morgan fingerprint density at radius 1 is 1.20 bits per heavy atom. The van der Waals surface area contributed by atoms with Gasteiger partial charge in [0.15, 0.2) is 0 Å². The van der Waals surface area contributed by atoms with E-state index in [0.717, 1.165) is 17.5 Å². The van der Waals surface area contributed by atoms with Gasteiger partial charge in [-0.1, -0.05) is 23.7 Å². The summed E-state index contributed by atoms with van der Waals surface area (Å²) in [6.45, 7) is 0.121. The summed E-state index contributed by atoms with van der Waals surface area (Å²) in [7, 11) is 1.51. The Kier molecular flexibility index (Phi) is 5.65. The molecule has 30 heavy (non-hydrogen) atoms. The average molecular weight is 445 g/mol. The van der Waals surface area contributed by atoms with Crippen LogP contribution in [-0.2, 0) is 6.54 Å². The van der Waals surface area contributed by atoms with Gasteiger partial charge in [-0.15, -0.1) is 11.3 Å². The summed E-state index contributed by atoms with van der Waals surface area (Å²) in [5.41, 5.74) is 1.67. The predicted molar refractivity (Wildman–Crippen MR) is 114 cm³/mol. The summed E-state index contributed by atoms with van der Waals surface area (Å²) in [5, 5.41) is 3.11. The zero-order valence-corrected chi connectivity index (χ0v) is 17.3. The number of fused-ring (bicyclic) bond motifs is 1. The van der Waals surface area contributed by atoms with Crippen molar-refractivity contribution in [2.24, 2.45) is 0 Å². The Morgan fingerprint density at radius 2 is 2.03 bits per heavy atom. The molecular weight excluding hydrogens is 430 g/mol. The van der Waals surface area contributed by atoms with Crippen molar-refractivity contribution in [2.45, 2.75) is 6.54 Å². The molecule has 0 saturated carbocycles. The van der Waals surface area contributed by atoms with E-state index in [4.69, 9.17) is 16.3 Å². The molecule has 4 nitrogen and oxygen atoms in total. The molecule has 0 saturated heterocycles. The first-order chi connectivity index (χ1) is 14.5. The standard InChI is InChI=1S/C22H15ClF2N2O2S/c1-29-17-6-5-12(14-7-8-26-11-16(14)25)9-13(17)10-27-22(28)21-20(23)19-15(24)3-2-4-18(19)30-21/h2-9,11H,10H2,1H3,(H,27,28). The van der Waals surface area contributed by atoms with Gasteiger partial charge in [0.25, 0.3) is 5.91 Å². The van der Waals surface area contributed by atoms with Crippen molar-refractivity contribution in [3.05, 3.63) is 82.0 Å². The minimum absolute atomic E-state index is 0.0881. The molecule has 2 aromatic carbocycles. The second-order valence-corrected chi connectivity index (χ2v) is 7.85. The molecule has 4 rings (SSSR count). The average Bonchev–Trinajstić information content (AvgIpc) is 3.10. The van der Waals surface area contributed by atoms with Gasteiger partial charge in [-0.05, 0) is 35.9 Å². The number of rotatable bonds is 5. The van der Waals surface area contributed by atoms with Crippen LogP contribution in [0.1, 0.15) is 15.2 Å². The number of amides is 1. The SMILES string of the molecule is COc1ccc(-c2ccncc2F)cc1CNC(=O)c1sc2cccc(F)c2c1Cl. The minimum atomic E-state index is -0.471. The maximum atomic E-state index is 14.1. The first kappa shape index (κ1) is 20.3. The van der Waals surface area contributed by atoms with Gasteiger partial charge in [0.2, 0.25) is 0 Å². The monoisotopic (exact) mass is 444 g/mol. The maximum absolute atomic E-state index is 14.1. The fourth-order valence-corrected chi connectivity index (χ4v) is 4.64. The normalized spacial score (nSPS) is 10.9. The number of ether oxygens (including phenoxy) is 1. The Hall–Kier alpha value is -3.03. The summed E-state index contributed by atoms with van der Waals surface area (Å²) in [5.74, 6) is -0.802. The number of benzene rings is 2. The number of thiophene rings is 1. The van der Waals surface area contributed by atoms with Crippen LogP contribution in [0.5, 0.6) is 5.75 Å². The van der Waals surface area contributed by atoms with E-state index in [1.165, 1.54) is 19.4 Å². The van der Waals surface area contributed by atoms with Crippen molar-refractivity contribution >= 4 is 38.9 Å². The number of nitrogens with one attached hydrogen (secondary N) is 1. The Morgan fingerprint density at radius 3 is 2.77 bits per heavy atom. The molecular formula is C22H15ClF2N2O2S. The van der Waals surface area contributed by atoms with Crippen LogP contribution in [0.4, 0.5) is 8.78 Å². The molecule has 152 valence electrons. The summed E-state index contributed by atoms with van der Waals surface area (Å²) in [4.78, 5) is 16.7. The number of hydrogen-bond acceptors (Lipinski definition) is 4. The molecule has 0 aliphatic rings. The van der Waals surface area contributed by atoms with E-state index >= 15 is 0 Å². The Balaban J connectivity index is 1.61. The van der Waals surface area contributed by atoms with Crippen molar-refractivity contribution in [1.29, 1.82) is 0 Å². The van der Waals surface area contributed by atoms with Crippen LogP contribution in [-0.4, -0.2) is 18.0 Å². The van der Waals surface area contributed by atoms with Gasteiger partial charge < -0.3 is 10.1 Å². The van der Waals surface area contributed by atoms with Gasteiger partial charge in [-0.2, -0.15) is 0 Å². The van der Waals surface area contributed by atoms with Crippen LogP contribution in [0, 0.1) is 11.6 Å². The van der Waals surface area contributed by atoms with Crippen molar-refractivity contribution in [3.8, 4) is 16.9 Å². The van der Waals surface area contributed by atoms with E-state index in [1.54, 1.807) is 36.4 Å². The summed E-state index contributed by atoms with van der Waals surface area (Å²) < 4.78 is 34.1. The van der Waals surface area contributed by atoms with E-state index in [-0.39, 0.29) is 21.8 Å². The van der Waals surface area contributed by atoms with Crippen LogP contribution in [0.25, 0.3) is 21.2 Å². The van der Waals surface area contributed by atoms with E-state index in [1.807, 2.05) is 0 Å². The quantitative estimate of drug-likeness (QED) is 0.421. The van der Waals surface area contributed by atoms with Crippen LogP contribution in [0.3, 0.4) is 0 Å². The number of carbonyl (C=O) groups excluding carboxylic acids is 1. The molecule has 1 N–H and O–H groups in total. The van der Waals surface area contributed by atoms with E-state index in [9.17, 15) is 13.6 Å². The lowest BCUT2D eigenvalue weighted by molar-refractivity contribution is 0.0955. The third kappa shape index (κ3) is 3.74. The van der Waals surface area contributed by atoms with Gasteiger partial charge in [-0.3, -0.25) is 9.78 Å². The van der Waals surface area contributed by atoms with Crippen molar-refractivity contribution in [2.75, 3.05) is 7.11 Å². The van der Waals surface area contributed by atoms with Crippen molar-refractivity contribution in [3.63, 3.8) is 0 Å². The second kappa shape index (κ2) is 8.38. The molecule has 0 aliphatic heterocycles. The van der Waals surface area contributed by atoms with Crippen LogP contribution in [0.15, 0.2) is 54.9 Å². The van der Waals surface area contributed by atoms with Gasteiger partial charge in [-0.25, -0.2) is 8.78 Å². The zero-order valence-electron chi connectivity index (χ0n) is 15.7. The lowest BCUT2D eigenvalue weighted by atomic mass is 10.0. The van der Waals surface area contributed by atoms with Crippen molar-refractivity contribution < 1.29 is 18.3 Å². The first-order valence-electron chi connectivity index (χ1n) is 8.91. The number of methoxy groups -OCH3 is 1. The highest BCUT2D eigenvalue weighted by molar-refractivity contribution is 7.21.